The second-order valence-corrected chi connectivity index (χ2v) is 8.85. The number of anilines is 1. The van der Waals surface area contributed by atoms with Gasteiger partial charge in [-0.05, 0) is 43.5 Å². The van der Waals surface area contributed by atoms with Crippen molar-refractivity contribution in [3.63, 3.8) is 0 Å². The summed E-state index contributed by atoms with van der Waals surface area (Å²) in [5.74, 6) is -0.348. The van der Waals surface area contributed by atoms with Crippen LogP contribution < -0.4 is 9.62 Å². The van der Waals surface area contributed by atoms with Crippen LogP contribution in [0.15, 0.2) is 48.5 Å². The summed E-state index contributed by atoms with van der Waals surface area (Å²) in [6.45, 7) is 5.45. The molecule has 0 heterocycles. The molecule has 0 saturated carbocycles. The Balaban J connectivity index is 2.38. The van der Waals surface area contributed by atoms with Crippen molar-refractivity contribution in [2.75, 3.05) is 10.6 Å². The maximum Gasteiger partial charge on any atom is 0.244 e. The first kappa shape index (κ1) is 21.3. The van der Waals surface area contributed by atoms with Gasteiger partial charge in [0, 0.05) is 5.02 Å². The largest absolute Gasteiger partial charge is 0.348 e. The van der Waals surface area contributed by atoms with Crippen molar-refractivity contribution in [1.29, 1.82) is 0 Å². The molecule has 1 amide bonds. The van der Waals surface area contributed by atoms with Gasteiger partial charge in [-0.3, -0.25) is 9.10 Å². The number of nitrogens with one attached hydrogen (secondary N) is 1. The van der Waals surface area contributed by atoms with E-state index in [0.717, 1.165) is 17.4 Å². The first-order chi connectivity index (χ1) is 12.6. The highest BCUT2D eigenvalue weighted by Crippen LogP contribution is 2.29. The van der Waals surface area contributed by atoms with E-state index in [9.17, 15) is 13.2 Å². The van der Waals surface area contributed by atoms with E-state index < -0.39 is 16.1 Å². The molecule has 0 aromatic heterocycles. The summed E-state index contributed by atoms with van der Waals surface area (Å²) < 4.78 is 26.3. The molecule has 2 aromatic rings. The van der Waals surface area contributed by atoms with Gasteiger partial charge in [0.25, 0.3) is 0 Å². The van der Waals surface area contributed by atoms with Crippen LogP contribution in [0, 0.1) is 6.92 Å². The first-order valence-corrected chi connectivity index (χ1v) is 11.0. The first-order valence-electron chi connectivity index (χ1n) is 8.76. The van der Waals surface area contributed by atoms with Crippen molar-refractivity contribution in [3.8, 4) is 0 Å². The monoisotopic (exact) mass is 408 g/mol. The lowest BCUT2D eigenvalue weighted by molar-refractivity contribution is -0.122. The molecule has 0 bridgehead atoms. The molecule has 27 heavy (non-hydrogen) atoms. The SMILES string of the molecule is CC[C@@H](C(=O)N[C@H](C)c1ccccc1)N(c1cc(Cl)ccc1C)S(C)(=O)=O. The number of carbonyl (C=O) groups excluding carboxylic acids is 1. The van der Waals surface area contributed by atoms with Gasteiger partial charge in [-0.1, -0.05) is 54.9 Å². The van der Waals surface area contributed by atoms with Gasteiger partial charge < -0.3 is 5.32 Å². The van der Waals surface area contributed by atoms with Crippen molar-refractivity contribution < 1.29 is 13.2 Å². The summed E-state index contributed by atoms with van der Waals surface area (Å²) >= 11 is 6.08. The molecule has 5 nitrogen and oxygen atoms in total. The van der Waals surface area contributed by atoms with Crippen molar-refractivity contribution in [3.05, 3.63) is 64.7 Å². The summed E-state index contributed by atoms with van der Waals surface area (Å²) in [4.78, 5) is 13.0. The molecule has 0 unspecified atom stereocenters. The predicted molar refractivity (Wildman–Crippen MR) is 111 cm³/mol. The van der Waals surface area contributed by atoms with Crippen LogP contribution in [-0.2, 0) is 14.8 Å². The van der Waals surface area contributed by atoms with E-state index in [0.29, 0.717) is 17.1 Å². The number of hydrogen-bond acceptors (Lipinski definition) is 3. The van der Waals surface area contributed by atoms with Crippen LogP contribution >= 0.6 is 11.6 Å². The molecule has 2 aromatic carbocycles. The number of nitrogens with zero attached hydrogens (tertiary/aromatic N) is 1. The Morgan fingerprint density at radius 1 is 1.19 bits per heavy atom. The van der Waals surface area contributed by atoms with E-state index in [2.05, 4.69) is 5.32 Å². The highest BCUT2D eigenvalue weighted by molar-refractivity contribution is 7.92. The normalized spacial score (nSPS) is 13.7. The Morgan fingerprint density at radius 3 is 2.37 bits per heavy atom. The zero-order chi connectivity index (χ0) is 20.2. The summed E-state index contributed by atoms with van der Waals surface area (Å²) in [7, 11) is -3.70. The van der Waals surface area contributed by atoms with Gasteiger partial charge in [0.15, 0.2) is 0 Å². The quantitative estimate of drug-likeness (QED) is 0.750. The van der Waals surface area contributed by atoms with E-state index >= 15 is 0 Å². The zero-order valence-corrected chi connectivity index (χ0v) is 17.5. The van der Waals surface area contributed by atoms with Crippen LogP contribution in [0.5, 0.6) is 0 Å². The minimum Gasteiger partial charge on any atom is -0.348 e. The molecule has 0 aliphatic rings. The van der Waals surface area contributed by atoms with Crippen molar-refractivity contribution >= 4 is 33.2 Å². The lowest BCUT2D eigenvalue weighted by atomic mass is 10.1. The van der Waals surface area contributed by atoms with E-state index in [1.165, 1.54) is 4.31 Å². The van der Waals surface area contributed by atoms with Crippen molar-refractivity contribution in [1.82, 2.24) is 5.32 Å². The van der Waals surface area contributed by atoms with E-state index in [1.54, 1.807) is 32.0 Å². The van der Waals surface area contributed by atoms with Gasteiger partial charge >= 0.3 is 0 Å². The fourth-order valence-electron chi connectivity index (χ4n) is 2.99. The maximum atomic E-state index is 13.0. The summed E-state index contributed by atoms with van der Waals surface area (Å²) in [6, 6.07) is 13.4. The molecular weight excluding hydrogens is 384 g/mol. The summed E-state index contributed by atoms with van der Waals surface area (Å²) in [6.07, 6.45) is 1.43. The van der Waals surface area contributed by atoms with Crippen molar-refractivity contribution in [2.24, 2.45) is 0 Å². The number of halogens is 1. The number of benzene rings is 2. The second-order valence-electron chi connectivity index (χ2n) is 6.55. The number of rotatable bonds is 7. The molecule has 2 atom stereocenters. The van der Waals surface area contributed by atoms with E-state index in [4.69, 9.17) is 11.6 Å². The van der Waals surface area contributed by atoms with Crippen LogP contribution in [0.3, 0.4) is 0 Å². The molecule has 2 rings (SSSR count). The number of sulfonamides is 1. The lowest BCUT2D eigenvalue weighted by Crippen LogP contribution is -2.50. The summed E-state index contributed by atoms with van der Waals surface area (Å²) in [5, 5.41) is 3.34. The number of carbonyl (C=O) groups is 1. The van der Waals surface area contributed by atoms with E-state index in [-0.39, 0.29) is 11.9 Å². The number of aryl methyl sites for hydroxylation is 1. The molecule has 1 N–H and O–H groups in total. The lowest BCUT2D eigenvalue weighted by Gasteiger charge is -2.32. The third-order valence-electron chi connectivity index (χ3n) is 4.40. The van der Waals surface area contributed by atoms with Crippen LogP contribution in [0.2, 0.25) is 5.02 Å². The van der Waals surface area contributed by atoms with Crippen LogP contribution in [0.25, 0.3) is 0 Å². The predicted octanol–water partition coefficient (Wildman–Crippen LogP) is 4.07. The second kappa shape index (κ2) is 8.76. The van der Waals surface area contributed by atoms with Gasteiger partial charge in [-0.25, -0.2) is 8.42 Å². The average Bonchev–Trinajstić information content (AvgIpc) is 2.61. The van der Waals surface area contributed by atoms with Gasteiger partial charge in [-0.2, -0.15) is 0 Å². The molecule has 7 heteroatoms. The standard InChI is InChI=1S/C20H25ClN2O3S/c1-5-18(20(24)22-15(3)16-9-7-6-8-10-16)23(27(4,25)26)19-13-17(21)12-11-14(19)2/h6-13,15,18H,5H2,1-4H3,(H,22,24)/t15-,18+/m1/s1. The summed E-state index contributed by atoms with van der Waals surface area (Å²) in [5.41, 5.74) is 2.09. The van der Waals surface area contributed by atoms with Gasteiger partial charge in [-0.15, -0.1) is 0 Å². The molecule has 0 fully saturated rings. The topological polar surface area (TPSA) is 66.5 Å². The van der Waals surface area contributed by atoms with E-state index in [1.807, 2.05) is 37.3 Å². The number of amides is 1. The molecule has 0 aliphatic heterocycles. The smallest absolute Gasteiger partial charge is 0.244 e. The average molecular weight is 409 g/mol. The third-order valence-corrected chi connectivity index (χ3v) is 5.80. The molecule has 146 valence electrons. The fourth-order valence-corrected chi connectivity index (χ4v) is 4.42. The fraction of sp³-hybridized carbons (Fsp3) is 0.350. The number of hydrogen-bond donors (Lipinski definition) is 1. The Morgan fingerprint density at radius 2 is 1.81 bits per heavy atom. The van der Waals surface area contributed by atoms with Crippen LogP contribution in [-0.4, -0.2) is 26.6 Å². The van der Waals surface area contributed by atoms with Crippen LogP contribution in [0.1, 0.15) is 37.4 Å². The Labute approximate surface area is 166 Å². The highest BCUT2D eigenvalue weighted by atomic mass is 35.5. The highest BCUT2D eigenvalue weighted by Gasteiger charge is 2.33. The third kappa shape index (κ3) is 5.23. The minimum absolute atomic E-state index is 0.241. The van der Waals surface area contributed by atoms with Crippen molar-refractivity contribution in [2.45, 2.75) is 39.3 Å². The molecule has 0 saturated heterocycles. The van der Waals surface area contributed by atoms with Crippen LogP contribution in [0.4, 0.5) is 5.69 Å². The maximum absolute atomic E-state index is 13.0. The Kier molecular flexibility index (Phi) is 6.89. The van der Waals surface area contributed by atoms with Gasteiger partial charge in [0.1, 0.15) is 6.04 Å². The molecule has 0 radical (unpaired) electrons. The van der Waals surface area contributed by atoms with Gasteiger partial charge in [0.2, 0.25) is 15.9 Å². The Bertz CT molecular complexity index is 901. The Hall–Kier alpha value is -2.05. The zero-order valence-electron chi connectivity index (χ0n) is 15.9. The minimum atomic E-state index is -3.70. The van der Waals surface area contributed by atoms with Gasteiger partial charge in [0.05, 0.1) is 18.0 Å². The molecule has 0 spiro atoms. The molecule has 0 aliphatic carbocycles. The molecular formula is C20H25ClN2O3S.